The van der Waals surface area contributed by atoms with Gasteiger partial charge in [0.1, 0.15) is 11.9 Å². The van der Waals surface area contributed by atoms with E-state index >= 15 is 0 Å². The van der Waals surface area contributed by atoms with Gasteiger partial charge in [0.05, 0.1) is 6.61 Å². The molecule has 1 aliphatic rings. The monoisotopic (exact) mass is 278 g/mol. The summed E-state index contributed by atoms with van der Waals surface area (Å²) in [5.74, 6) is 2.17. The molecule has 0 aromatic carbocycles. The Balaban J connectivity index is 2.35. The van der Waals surface area contributed by atoms with Gasteiger partial charge in [0.2, 0.25) is 0 Å². The molecule has 2 rings (SSSR count). The first-order valence-corrected chi connectivity index (χ1v) is 7.45. The molecule has 0 saturated carbocycles. The van der Waals surface area contributed by atoms with Gasteiger partial charge < -0.3 is 15.0 Å². The minimum Gasteiger partial charge on any atom is -0.370 e. The number of hydrogen-bond acceptors (Lipinski definition) is 5. The maximum Gasteiger partial charge on any atom is 0.161 e. The van der Waals surface area contributed by atoms with Crippen molar-refractivity contribution in [1.29, 1.82) is 0 Å². The van der Waals surface area contributed by atoms with Crippen LogP contribution in [0.25, 0.3) is 0 Å². The highest BCUT2D eigenvalue weighted by Crippen LogP contribution is 2.28. The number of likely N-dealkylation sites (N-methyl/N-ethyl adjacent to an activating group) is 1. The Kier molecular flexibility index (Phi) is 4.94. The van der Waals surface area contributed by atoms with Crippen LogP contribution in [0.5, 0.6) is 0 Å². The Hall–Kier alpha value is -1.20. The van der Waals surface area contributed by atoms with Gasteiger partial charge in [-0.15, -0.1) is 0 Å². The molecular weight excluding hydrogens is 252 g/mol. The summed E-state index contributed by atoms with van der Waals surface area (Å²) in [6, 6.07) is 0. The topological polar surface area (TPSA) is 50.3 Å². The number of nitrogens with zero attached hydrogens (tertiary/aromatic N) is 3. The van der Waals surface area contributed by atoms with Gasteiger partial charge in [-0.3, -0.25) is 0 Å². The van der Waals surface area contributed by atoms with Crippen molar-refractivity contribution < 1.29 is 4.74 Å². The number of rotatable bonds is 4. The molecule has 5 nitrogen and oxygen atoms in total. The van der Waals surface area contributed by atoms with Gasteiger partial charge >= 0.3 is 0 Å². The van der Waals surface area contributed by atoms with Crippen molar-refractivity contribution in [2.24, 2.45) is 0 Å². The Morgan fingerprint density at radius 2 is 2.15 bits per heavy atom. The molecule has 0 radical (unpaired) electrons. The molecule has 0 aliphatic carbocycles. The van der Waals surface area contributed by atoms with Crippen LogP contribution >= 0.6 is 0 Å². The summed E-state index contributed by atoms with van der Waals surface area (Å²) >= 11 is 0. The van der Waals surface area contributed by atoms with Crippen molar-refractivity contribution in [3.05, 3.63) is 17.1 Å². The molecule has 0 bridgehead atoms. The predicted molar refractivity (Wildman–Crippen MR) is 81.2 cm³/mol. The predicted octanol–water partition coefficient (Wildman–Crippen LogP) is 2.34. The van der Waals surface area contributed by atoms with Crippen molar-refractivity contribution in [1.82, 2.24) is 14.9 Å². The summed E-state index contributed by atoms with van der Waals surface area (Å²) in [6.07, 6.45) is -0.0222. The smallest absolute Gasteiger partial charge is 0.161 e. The van der Waals surface area contributed by atoms with E-state index in [4.69, 9.17) is 14.7 Å². The van der Waals surface area contributed by atoms with Crippen LogP contribution in [0.4, 0.5) is 5.82 Å². The Bertz CT molecular complexity index is 461. The van der Waals surface area contributed by atoms with Crippen LogP contribution in [0.1, 0.15) is 49.9 Å². The standard InChI is InChI=1S/C15H26N4O/c1-6-16-15-13(10(2)3)11(4)17-14(18-15)12-9-19(5)7-8-20-12/h10,12H,6-9H2,1-5H3,(H,16,17,18). The molecule has 20 heavy (non-hydrogen) atoms. The van der Waals surface area contributed by atoms with Gasteiger partial charge in [-0.1, -0.05) is 13.8 Å². The molecule has 2 heterocycles. The molecule has 1 saturated heterocycles. The second kappa shape index (κ2) is 6.50. The van der Waals surface area contributed by atoms with E-state index in [1.165, 1.54) is 5.56 Å². The number of morpholine rings is 1. The minimum absolute atomic E-state index is 0.0222. The van der Waals surface area contributed by atoms with E-state index in [2.05, 4.69) is 45.0 Å². The summed E-state index contributed by atoms with van der Waals surface area (Å²) < 4.78 is 5.83. The second-order valence-corrected chi connectivity index (χ2v) is 5.74. The number of aryl methyl sites for hydroxylation is 1. The van der Waals surface area contributed by atoms with Crippen LogP contribution in [-0.4, -0.2) is 48.2 Å². The molecule has 1 fully saturated rings. The molecule has 1 unspecified atom stereocenters. The van der Waals surface area contributed by atoms with Crippen LogP contribution in [0, 0.1) is 6.92 Å². The van der Waals surface area contributed by atoms with Crippen molar-refractivity contribution >= 4 is 5.82 Å². The first kappa shape index (κ1) is 15.2. The molecule has 5 heteroatoms. The minimum atomic E-state index is -0.0222. The Morgan fingerprint density at radius 3 is 2.75 bits per heavy atom. The van der Waals surface area contributed by atoms with Gasteiger partial charge in [0, 0.05) is 30.9 Å². The number of nitrogens with one attached hydrogen (secondary N) is 1. The fourth-order valence-electron chi connectivity index (χ4n) is 2.67. The number of ether oxygens (including phenoxy) is 1. The van der Waals surface area contributed by atoms with Gasteiger partial charge in [-0.2, -0.15) is 0 Å². The molecule has 1 aromatic heterocycles. The Morgan fingerprint density at radius 1 is 1.40 bits per heavy atom. The lowest BCUT2D eigenvalue weighted by molar-refractivity contribution is -0.0255. The molecule has 112 valence electrons. The zero-order chi connectivity index (χ0) is 14.7. The summed E-state index contributed by atoms with van der Waals surface area (Å²) in [4.78, 5) is 11.7. The van der Waals surface area contributed by atoms with Gasteiger partial charge in [-0.25, -0.2) is 9.97 Å². The molecule has 0 spiro atoms. The summed E-state index contributed by atoms with van der Waals surface area (Å²) in [5, 5.41) is 3.37. The van der Waals surface area contributed by atoms with E-state index in [1.54, 1.807) is 0 Å². The van der Waals surface area contributed by atoms with E-state index in [1.807, 2.05) is 0 Å². The fraction of sp³-hybridized carbons (Fsp3) is 0.733. The van der Waals surface area contributed by atoms with Crippen LogP contribution in [0.2, 0.25) is 0 Å². The van der Waals surface area contributed by atoms with Gasteiger partial charge in [-0.05, 0) is 26.8 Å². The Labute approximate surface area is 121 Å². The molecular formula is C15H26N4O. The third kappa shape index (κ3) is 3.27. The maximum absolute atomic E-state index is 5.83. The average molecular weight is 278 g/mol. The van der Waals surface area contributed by atoms with Crippen LogP contribution in [0.3, 0.4) is 0 Å². The molecule has 1 aliphatic heterocycles. The zero-order valence-corrected chi connectivity index (χ0v) is 13.2. The molecule has 1 N–H and O–H groups in total. The van der Waals surface area contributed by atoms with Crippen LogP contribution < -0.4 is 5.32 Å². The normalized spacial score (nSPS) is 20.4. The molecule has 0 amide bonds. The first-order valence-electron chi connectivity index (χ1n) is 7.45. The van der Waals surface area contributed by atoms with E-state index in [9.17, 15) is 0 Å². The third-order valence-corrected chi connectivity index (χ3v) is 3.63. The molecule has 1 aromatic rings. The highest BCUT2D eigenvalue weighted by Gasteiger charge is 2.24. The number of aromatic nitrogens is 2. The number of hydrogen-bond donors (Lipinski definition) is 1. The van der Waals surface area contributed by atoms with Crippen molar-refractivity contribution in [3.63, 3.8) is 0 Å². The lowest BCUT2D eigenvalue weighted by atomic mass is 10.0. The quantitative estimate of drug-likeness (QED) is 0.916. The van der Waals surface area contributed by atoms with Gasteiger partial charge in [0.15, 0.2) is 5.82 Å². The fourth-order valence-corrected chi connectivity index (χ4v) is 2.67. The second-order valence-electron chi connectivity index (χ2n) is 5.74. The summed E-state index contributed by atoms with van der Waals surface area (Å²) in [7, 11) is 2.11. The van der Waals surface area contributed by atoms with Crippen molar-refractivity contribution in [2.75, 3.05) is 38.6 Å². The third-order valence-electron chi connectivity index (χ3n) is 3.63. The van der Waals surface area contributed by atoms with E-state index in [-0.39, 0.29) is 6.10 Å². The van der Waals surface area contributed by atoms with Crippen LogP contribution in [0.15, 0.2) is 0 Å². The maximum atomic E-state index is 5.83. The average Bonchev–Trinajstić information content (AvgIpc) is 2.38. The van der Waals surface area contributed by atoms with Crippen LogP contribution in [-0.2, 0) is 4.74 Å². The summed E-state index contributed by atoms with van der Waals surface area (Å²) in [6.45, 7) is 11.9. The number of anilines is 1. The highest BCUT2D eigenvalue weighted by molar-refractivity contribution is 5.48. The van der Waals surface area contributed by atoms with Gasteiger partial charge in [0.25, 0.3) is 0 Å². The van der Waals surface area contributed by atoms with E-state index in [0.717, 1.165) is 43.6 Å². The lowest BCUT2D eigenvalue weighted by Crippen LogP contribution is -2.36. The zero-order valence-electron chi connectivity index (χ0n) is 13.2. The lowest BCUT2D eigenvalue weighted by Gasteiger charge is -2.29. The highest BCUT2D eigenvalue weighted by atomic mass is 16.5. The van der Waals surface area contributed by atoms with Crippen molar-refractivity contribution in [2.45, 2.75) is 39.7 Å². The first-order chi connectivity index (χ1) is 9.52. The van der Waals surface area contributed by atoms with Crippen molar-refractivity contribution in [3.8, 4) is 0 Å². The largest absolute Gasteiger partial charge is 0.370 e. The van der Waals surface area contributed by atoms with E-state index < -0.39 is 0 Å². The summed E-state index contributed by atoms with van der Waals surface area (Å²) in [5.41, 5.74) is 2.26. The van der Waals surface area contributed by atoms with E-state index in [0.29, 0.717) is 5.92 Å². The molecule has 1 atom stereocenters. The SMILES string of the molecule is CCNc1nc(C2CN(C)CCO2)nc(C)c1C(C)C.